The molecule has 23 heavy (non-hydrogen) atoms. The summed E-state index contributed by atoms with van der Waals surface area (Å²) < 4.78 is 0. The quantitative estimate of drug-likeness (QED) is 0.502. The van der Waals surface area contributed by atoms with Crippen LogP contribution in [-0.2, 0) is 0 Å². The number of benzene rings is 3. The molecule has 3 rings (SSSR count). The van der Waals surface area contributed by atoms with Crippen LogP contribution >= 0.6 is 0 Å². The van der Waals surface area contributed by atoms with Crippen molar-refractivity contribution >= 4 is 41.5 Å². The van der Waals surface area contributed by atoms with Crippen LogP contribution in [0.1, 0.15) is 16.7 Å². The van der Waals surface area contributed by atoms with Gasteiger partial charge in [-0.3, -0.25) is 0 Å². The van der Waals surface area contributed by atoms with Gasteiger partial charge in [0.2, 0.25) is 0 Å². The molecule has 0 aliphatic rings. The topological polar surface area (TPSA) is 3.24 Å². The molecule has 0 aliphatic carbocycles. The van der Waals surface area contributed by atoms with Gasteiger partial charge < -0.3 is 4.90 Å². The number of anilines is 3. The summed E-state index contributed by atoms with van der Waals surface area (Å²) in [6, 6.07) is 26.0. The van der Waals surface area contributed by atoms with Crippen LogP contribution in [0.25, 0.3) is 0 Å². The third-order valence-electron chi connectivity index (χ3n) is 3.88. The molecule has 3 aromatic carbocycles. The molecule has 0 atom stereocenters. The van der Waals surface area contributed by atoms with Gasteiger partial charge in [0.25, 0.3) is 0 Å². The number of hydrogen-bond donors (Lipinski definition) is 0. The summed E-state index contributed by atoms with van der Waals surface area (Å²) in [5, 5.41) is 0. The first-order valence-corrected chi connectivity index (χ1v) is 7.63. The average molecular weight is 409 g/mol. The van der Waals surface area contributed by atoms with Crippen molar-refractivity contribution in [3.8, 4) is 0 Å². The van der Waals surface area contributed by atoms with E-state index in [0.717, 1.165) is 0 Å². The van der Waals surface area contributed by atoms with E-state index in [1.807, 2.05) is 0 Å². The molecule has 1 nitrogen and oxygen atoms in total. The predicted molar refractivity (Wildman–Crippen MR) is 101 cm³/mol. The van der Waals surface area contributed by atoms with E-state index < -0.39 is 0 Å². The van der Waals surface area contributed by atoms with Gasteiger partial charge in [-0.15, -0.1) is 0 Å². The average Bonchev–Trinajstić information content (AvgIpc) is 2.53. The van der Waals surface area contributed by atoms with E-state index in [0.29, 0.717) is 0 Å². The molecule has 0 aromatic heterocycles. The second-order valence-electron chi connectivity index (χ2n) is 5.84. The molecule has 0 heterocycles. The molecular weight excluding hydrogens is 388 g/mol. The summed E-state index contributed by atoms with van der Waals surface area (Å²) in [6.45, 7) is 6.35. The van der Waals surface area contributed by atoms with Gasteiger partial charge in [0.05, 0.1) is 0 Å². The molecular formula is C21H21NSb. The minimum Gasteiger partial charge on any atom is -0.311 e. The second kappa shape index (κ2) is 7.70. The summed E-state index contributed by atoms with van der Waals surface area (Å²) in [4.78, 5) is 2.29. The summed E-state index contributed by atoms with van der Waals surface area (Å²) in [6.07, 6.45) is 0. The van der Waals surface area contributed by atoms with Crippen molar-refractivity contribution < 1.29 is 0 Å². The Bertz CT molecular complexity index is 635. The Morgan fingerprint density at radius 2 is 0.652 bits per heavy atom. The first kappa shape index (κ1) is 17.6. The first-order valence-electron chi connectivity index (χ1n) is 7.63. The van der Waals surface area contributed by atoms with E-state index in [4.69, 9.17) is 0 Å². The molecule has 115 valence electrons. The minimum absolute atomic E-state index is 0. The Morgan fingerprint density at radius 3 is 0.870 bits per heavy atom. The number of aryl methyl sites for hydroxylation is 3. The molecule has 0 N–H and O–H groups in total. The Kier molecular flexibility index (Phi) is 5.90. The van der Waals surface area contributed by atoms with Gasteiger partial charge in [0.15, 0.2) is 0 Å². The fourth-order valence-corrected chi connectivity index (χ4v) is 2.53. The molecule has 0 unspecified atom stereocenters. The van der Waals surface area contributed by atoms with Crippen LogP contribution in [-0.4, -0.2) is 24.4 Å². The number of nitrogens with zero attached hydrogens (tertiary/aromatic N) is 1. The fourth-order valence-electron chi connectivity index (χ4n) is 2.53. The molecule has 3 aromatic rings. The van der Waals surface area contributed by atoms with Crippen LogP contribution in [0.15, 0.2) is 72.8 Å². The zero-order valence-corrected chi connectivity index (χ0v) is 16.4. The van der Waals surface area contributed by atoms with E-state index >= 15 is 0 Å². The van der Waals surface area contributed by atoms with E-state index in [2.05, 4.69) is 98.5 Å². The summed E-state index contributed by atoms with van der Waals surface area (Å²) in [5.41, 5.74) is 7.36. The molecule has 2 heteroatoms. The molecule has 0 fully saturated rings. The Balaban J connectivity index is 0.00000192. The van der Waals surface area contributed by atoms with E-state index in [9.17, 15) is 0 Å². The van der Waals surface area contributed by atoms with Crippen LogP contribution in [0.3, 0.4) is 0 Å². The maximum Gasteiger partial charge on any atom is 0.0461 e. The maximum atomic E-state index is 2.29. The van der Waals surface area contributed by atoms with Crippen LogP contribution in [0.5, 0.6) is 0 Å². The van der Waals surface area contributed by atoms with Gasteiger partial charge >= 0.3 is 0 Å². The summed E-state index contributed by atoms with van der Waals surface area (Å²) >= 11 is 0. The monoisotopic (exact) mass is 408 g/mol. The Hall–Kier alpha value is -1.72. The standard InChI is InChI=1S/C21H21N.Sb/c1-16-4-10-19(11-5-16)22(20-12-6-17(2)7-13-20)21-14-8-18(3)9-15-21;/h4-15H,1-3H3;. The second-order valence-corrected chi connectivity index (χ2v) is 5.84. The van der Waals surface area contributed by atoms with Crippen LogP contribution < -0.4 is 4.90 Å². The van der Waals surface area contributed by atoms with Gasteiger partial charge in [-0.1, -0.05) is 53.1 Å². The third-order valence-corrected chi connectivity index (χ3v) is 3.88. The van der Waals surface area contributed by atoms with Gasteiger partial charge in [-0.2, -0.15) is 0 Å². The molecule has 0 saturated carbocycles. The molecule has 0 amide bonds. The SMILES string of the molecule is Cc1ccc(N(c2ccc(C)cc2)c2ccc(C)cc2)cc1.[Sb]. The van der Waals surface area contributed by atoms with E-state index in [1.165, 1.54) is 33.8 Å². The Morgan fingerprint density at radius 1 is 0.435 bits per heavy atom. The maximum absolute atomic E-state index is 2.29. The summed E-state index contributed by atoms with van der Waals surface area (Å²) in [5.74, 6) is 0. The molecule has 3 radical (unpaired) electrons. The largest absolute Gasteiger partial charge is 0.311 e. The minimum atomic E-state index is 0. The van der Waals surface area contributed by atoms with Crippen molar-refractivity contribution in [1.82, 2.24) is 0 Å². The zero-order valence-electron chi connectivity index (χ0n) is 13.8. The van der Waals surface area contributed by atoms with Crippen molar-refractivity contribution in [3.05, 3.63) is 89.5 Å². The van der Waals surface area contributed by atoms with Crippen LogP contribution in [0.4, 0.5) is 17.1 Å². The number of hydrogen-bond acceptors (Lipinski definition) is 1. The molecule has 0 spiro atoms. The molecule has 0 saturated heterocycles. The van der Waals surface area contributed by atoms with Crippen molar-refractivity contribution in [2.24, 2.45) is 0 Å². The van der Waals surface area contributed by atoms with Gasteiger partial charge in [0, 0.05) is 41.5 Å². The molecule has 0 bridgehead atoms. The Labute approximate surface area is 156 Å². The predicted octanol–water partition coefficient (Wildman–Crippen LogP) is 5.70. The van der Waals surface area contributed by atoms with E-state index in [-0.39, 0.29) is 24.4 Å². The third kappa shape index (κ3) is 4.18. The van der Waals surface area contributed by atoms with Crippen molar-refractivity contribution in [2.45, 2.75) is 20.8 Å². The number of rotatable bonds is 3. The van der Waals surface area contributed by atoms with Crippen molar-refractivity contribution in [3.63, 3.8) is 0 Å². The van der Waals surface area contributed by atoms with E-state index in [1.54, 1.807) is 0 Å². The normalized spacial score (nSPS) is 10.0. The fraction of sp³-hybridized carbons (Fsp3) is 0.143. The summed E-state index contributed by atoms with van der Waals surface area (Å²) in [7, 11) is 0. The van der Waals surface area contributed by atoms with Gasteiger partial charge in [0.1, 0.15) is 0 Å². The smallest absolute Gasteiger partial charge is 0.0461 e. The van der Waals surface area contributed by atoms with Crippen molar-refractivity contribution in [1.29, 1.82) is 0 Å². The van der Waals surface area contributed by atoms with Crippen molar-refractivity contribution in [2.75, 3.05) is 4.90 Å². The van der Waals surface area contributed by atoms with Gasteiger partial charge in [-0.05, 0) is 57.2 Å². The van der Waals surface area contributed by atoms with Gasteiger partial charge in [-0.25, -0.2) is 0 Å². The molecule has 0 aliphatic heterocycles. The first-order chi connectivity index (χ1) is 10.6. The van der Waals surface area contributed by atoms with Crippen LogP contribution in [0, 0.1) is 20.8 Å². The zero-order chi connectivity index (χ0) is 15.5. The van der Waals surface area contributed by atoms with Crippen LogP contribution in [0.2, 0.25) is 0 Å².